The Balaban J connectivity index is 1.71. The molecule has 1 fully saturated rings. The maximum absolute atomic E-state index is 13.2. The number of ether oxygens (including phenoxy) is 1. The molecule has 0 radical (unpaired) electrons. The molecule has 0 aliphatic carbocycles. The first-order chi connectivity index (χ1) is 15.4. The van der Waals surface area contributed by atoms with Crippen LogP contribution in [0, 0.1) is 5.82 Å². The Morgan fingerprint density at radius 1 is 1.34 bits per heavy atom. The van der Waals surface area contributed by atoms with Crippen LogP contribution < -0.4 is 10.5 Å². The van der Waals surface area contributed by atoms with Crippen LogP contribution >= 0.6 is 11.6 Å². The van der Waals surface area contributed by atoms with Gasteiger partial charge in [0, 0.05) is 43.2 Å². The monoisotopic (exact) mass is 457 g/mol. The molecule has 0 saturated carbocycles. The topological polar surface area (TPSA) is 58.8 Å². The minimum Gasteiger partial charge on any atom is -0.495 e. The molecule has 32 heavy (non-hydrogen) atoms. The normalized spacial score (nSPS) is 16.8. The Kier molecular flexibility index (Phi) is 8.31. The highest BCUT2D eigenvalue weighted by molar-refractivity contribution is 6.32. The molecule has 1 amide bonds. The molecule has 1 aliphatic rings. The molecule has 2 aromatic rings. The molecule has 7 heteroatoms. The third-order valence-corrected chi connectivity index (χ3v) is 5.77. The van der Waals surface area contributed by atoms with Crippen LogP contribution in [-0.2, 0) is 11.3 Å². The van der Waals surface area contributed by atoms with Gasteiger partial charge in [-0.1, -0.05) is 36.7 Å². The van der Waals surface area contributed by atoms with Gasteiger partial charge in [-0.25, -0.2) is 4.39 Å². The number of hydrogen-bond acceptors (Lipinski definition) is 4. The summed E-state index contributed by atoms with van der Waals surface area (Å²) in [6.45, 7) is 4.39. The predicted octanol–water partition coefficient (Wildman–Crippen LogP) is 5.11. The number of nitrogen functional groups attached to an aromatic ring is 1. The van der Waals surface area contributed by atoms with Gasteiger partial charge in [0.15, 0.2) is 0 Å². The van der Waals surface area contributed by atoms with Gasteiger partial charge in [0.2, 0.25) is 0 Å². The molecule has 0 spiro atoms. The molecule has 2 N–H and O–H groups in total. The van der Waals surface area contributed by atoms with Crippen molar-refractivity contribution in [3.8, 4) is 5.75 Å². The quantitative estimate of drug-likeness (QED) is 0.442. The fraction of sp³-hybridized carbons (Fsp3) is 0.320. The van der Waals surface area contributed by atoms with E-state index in [9.17, 15) is 9.18 Å². The van der Waals surface area contributed by atoms with E-state index in [1.54, 1.807) is 35.2 Å². The van der Waals surface area contributed by atoms with Crippen molar-refractivity contribution in [2.45, 2.75) is 32.4 Å². The SMILES string of the molecule is CC/C=C/N(C(=O)/C=C/c1cc(OC)c(Cl)cc1N)C1CCN(Cc2ccc(F)cc2)C1. The van der Waals surface area contributed by atoms with Crippen LogP contribution in [0.5, 0.6) is 5.75 Å². The van der Waals surface area contributed by atoms with E-state index in [4.69, 9.17) is 22.1 Å². The summed E-state index contributed by atoms with van der Waals surface area (Å²) in [5.74, 6) is 0.153. The number of carbonyl (C=O) groups excluding carboxylic acids is 1. The van der Waals surface area contributed by atoms with Crippen molar-refractivity contribution in [1.29, 1.82) is 0 Å². The second-order valence-corrected chi connectivity index (χ2v) is 8.20. The highest BCUT2D eigenvalue weighted by Gasteiger charge is 2.28. The number of hydrogen-bond donors (Lipinski definition) is 1. The largest absolute Gasteiger partial charge is 0.495 e. The second kappa shape index (κ2) is 11.2. The molecule has 5 nitrogen and oxygen atoms in total. The average molecular weight is 458 g/mol. The lowest BCUT2D eigenvalue weighted by atomic mass is 10.1. The van der Waals surface area contributed by atoms with E-state index in [0.717, 1.165) is 38.0 Å². The van der Waals surface area contributed by atoms with E-state index in [2.05, 4.69) is 4.90 Å². The first kappa shape index (κ1) is 23.8. The second-order valence-electron chi connectivity index (χ2n) is 7.79. The van der Waals surface area contributed by atoms with Crippen molar-refractivity contribution >= 4 is 29.3 Å². The van der Waals surface area contributed by atoms with E-state index in [-0.39, 0.29) is 17.8 Å². The summed E-state index contributed by atoms with van der Waals surface area (Å²) in [5, 5.41) is 0.424. The molecule has 1 aliphatic heterocycles. The molecule has 1 saturated heterocycles. The molecule has 1 heterocycles. The van der Waals surface area contributed by atoms with Crippen molar-refractivity contribution < 1.29 is 13.9 Å². The predicted molar refractivity (Wildman–Crippen MR) is 128 cm³/mol. The van der Waals surface area contributed by atoms with Crippen molar-refractivity contribution in [1.82, 2.24) is 9.80 Å². The van der Waals surface area contributed by atoms with Crippen molar-refractivity contribution in [3.05, 3.63) is 76.7 Å². The average Bonchev–Trinajstić information content (AvgIpc) is 3.23. The summed E-state index contributed by atoms with van der Waals surface area (Å²) in [7, 11) is 1.53. The molecule has 0 aromatic heterocycles. The molecule has 1 unspecified atom stereocenters. The minimum absolute atomic E-state index is 0.0625. The number of rotatable bonds is 8. The van der Waals surface area contributed by atoms with Gasteiger partial charge in [-0.3, -0.25) is 9.69 Å². The maximum Gasteiger partial charge on any atom is 0.250 e. The zero-order valence-electron chi connectivity index (χ0n) is 18.4. The maximum atomic E-state index is 13.2. The number of halogens is 2. The van der Waals surface area contributed by atoms with Crippen molar-refractivity contribution in [2.75, 3.05) is 25.9 Å². The first-order valence-electron chi connectivity index (χ1n) is 10.7. The number of amides is 1. The standard InChI is InChI=1S/C25H29ClFN3O2/c1-3-4-12-30(21-11-13-29(17-21)16-18-5-8-20(27)9-6-18)25(31)10-7-19-14-24(32-2)22(26)15-23(19)28/h4-10,12,14-15,21H,3,11,13,16-17,28H2,1-2H3/b10-7+,12-4+. The zero-order chi connectivity index (χ0) is 23.1. The highest BCUT2D eigenvalue weighted by Crippen LogP contribution is 2.30. The summed E-state index contributed by atoms with van der Waals surface area (Å²) < 4.78 is 18.4. The van der Waals surface area contributed by atoms with E-state index in [0.29, 0.717) is 22.0 Å². The van der Waals surface area contributed by atoms with Gasteiger partial charge >= 0.3 is 0 Å². The fourth-order valence-corrected chi connectivity index (χ4v) is 4.01. The van der Waals surface area contributed by atoms with Crippen LogP contribution in [0.4, 0.5) is 10.1 Å². The van der Waals surface area contributed by atoms with E-state index in [1.807, 2.05) is 19.2 Å². The van der Waals surface area contributed by atoms with Gasteiger partial charge in [0.1, 0.15) is 11.6 Å². The molecule has 2 aromatic carbocycles. The Morgan fingerprint density at radius 2 is 2.09 bits per heavy atom. The lowest BCUT2D eigenvalue weighted by molar-refractivity contribution is -0.125. The molecular formula is C25H29ClFN3O2. The number of carbonyl (C=O) groups is 1. The molecular weight excluding hydrogens is 429 g/mol. The van der Waals surface area contributed by atoms with Crippen LogP contribution in [0.15, 0.2) is 54.8 Å². The number of benzene rings is 2. The van der Waals surface area contributed by atoms with Crippen LogP contribution in [0.25, 0.3) is 6.08 Å². The van der Waals surface area contributed by atoms with E-state index < -0.39 is 0 Å². The van der Waals surface area contributed by atoms with Crippen LogP contribution in [0.1, 0.15) is 30.9 Å². The molecule has 1 atom stereocenters. The summed E-state index contributed by atoms with van der Waals surface area (Å²) in [4.78, 5) is 17.1. The van der Waals surface area contributed by atoms with Crippen LogP contribution in [0.2, 0.25) is 5.02 Å². The Bertz CT molecular complexity index is 991. The van der Waals surface area contributed by atoms with E-state index >= 15 is 0 Å². The summed E-state index contributed by atoms with van der Waals surface area (Å²) >= 11 is 6.10. The zero-order valence-corrected chi connectivity index (χ0v) is 19.2. The summed E-state index contributed by atoms with van der Waals surface area (Å²) in [6.07, 6.45) is 8.77. The molecule has 3 rings (SSSR count). The number of allylic oxidation sites excluding steroid dienone is 1. The smallest absolute Gasteiger partial charge is 0.250 e. The van der Waals surface area contributed by atoms with E-state index in [1.165, 1.54) is 25.3 Å². The number of anilines is 1. The molecule has 0 bridgehead atoms. The molecule has 170 valence electrons. The van der Waals surface area contributed by atoms with Gasteiger partial charge in [0.25, 0.3) is 5.91 Å². The highest BCUT2D eigenvalue weighted by atomic mass is 35.5. The summed E-state index contributed by atoms with van der Waals surface area (Å²) in [6, 6.07) is 9.95. The number of nitrogens with zero attached hydrogens (tertiary/aromatic N) is 2. The Hall–Kier alpha value is -2.83. The van der Waals surface area contributed by atoms with Gasteiger partial charge in [0.05, 0.1) is 18.2 Å². The number of nitrogens with two attached hydrogens (primary N) is 1. The summed E-state index contributed by atoms with van der Waals surface area (Å²) in [5.41, 5.74) is 8.25. The Labute approximate surface area is 193 Å². The minimum atomic E-state index is -0.236. The van der Waals surface area contributed by atoms with Gasteiger partial charge in [-0.15, -0.1) is 0 Å². The van der Waals surface area contributed by atoms with Crippen LogP contribution in [0.3, 0.4) is 0 Å². The lowest BCUT2D eigenvalue weighted by Crippen LogP contribution is -2.37. The van der Waals surface area contributed by atoms with Crippen molar-refractivity contribution in [2.24, 2.45) is 0 Å². The first-order valence-corrected chi connectivity index (χ1v) is 11.1. The van der Waals surface area contributed by atoms with Gasteiger partial charge in [-0.2, -0.15) is 0 Å². The van der Waals surface area contributed by atoms with Gasteiger partial charge in [-0.05, 0) is 48.7 Å². The lowest BCUT2D eigenvalue weighted by Gasteiger charge is -2.25. The Morgan fingerprint density at radius 3 is 2.78 bits per heavy atom. The number of likely N-dealkylation sites (tertiary alicyclic amines) is 1. The van der Waals surface area contributed by atoms with Gasteiger partial charge < -0.3 is 15.4 Å². The van der Waals surface area contributed by atoms with Crippen molar-refractivity contribution in [3.63, 3.8) is 0 Å². The number of methoxy groups -OCH3 is 1. The third-order valence-electron chi connectivity index (χ3n) is 5.48. The van der Waals surface area contributed by atoms with Crippen LogP contribution in [-0.4, -0.2) is 41.9 Å². The fourth-order valence-electron chi connectivity index (χ4n) is 3.76. The third kappa shape index (κ3) is 6.11.